The molecule has 2 aromatic carbocycles. The highest BCUT2D eigenvalue weighted by Crippen LogP contribution is 2.24. The Balaban J connectivity index is 1.74. The van der Waals surface area contributed by atoms with Gasteiger partial charge in [-0.3, -0.25) is 4.79 Å². The van der Waals surface area contributed by atoms with Crippen LogP contribution in [0, 0.1) is 5.82 Å². The van der Waals surface area contributed by atoms with Crippen molar-refractivity contribution in [3.05, 3.63) is 75.8 Å². The van der Waals surface area contributed by atoms with Gasteiger partial charge in [0.05, 0.1) is 10.7 Å². The van der Waals surface area contributed by atoms with E-state index >= 15 is 0 Å². The lowest BCUT2D eigenvalue weighted by atomic mass is 10.2. The highest BCUT2D eigenvalue weighted by atomic mass is 35.5. The van der Waals surface area contributed by atoms with Gasteiger partial charge in [-0.2, -0.15) is 10.1 Å². The van der Waals surface area contributed by atoms with Gasteiger partial charge in [0.1, 0.15) is 5.82 Å². The van der Waals surface area contributed by atoms with Gasteiger partial charge in [0.15, 0.2) is 5.69 Å². The molecule has 2 aromatic heterocycles. The lowest BCUT2D eigenvalue weighted by molar-refractivity contribution is 0.429. The topological polar surface area (TPSA) is 73.8 Å². The van der Waals surface area contributed by atoms with E-state index in [-0.39, 0.29) is 27.9 Å². The number of halogens is 2. The van der Waals surface area contributed by atoms with Crippen molar-refractivity contribution < 1.29 is 8.91 Å². The molecular formula is C19H12ClFN4O2S. The van der Waals surface area contributed by atoms with Crippen molar-refractivity contribution in [2.45, 2.75) is 4.90 Å². The van der Waals surface area contributed by atoms with E-state index < -0.39 is 5.82 Å². The van der Waals surface area contributed by atoms with Crippen molar-refractivity contribution in [1.82, 2.24) is 19.9 Å². The van der Waals surface area contributed by atoms with Gasteiger partial charge in [0.2, 0.25) is 11.3 Å². The molecule has 0 bridgehead atoms. The average Bonchev–Trinajstić information content (AvgIpc) is 3.20. The van der Waals surface area contributed by atoms with E-state index in [1.54, 1.807) is 22.6 Å². The fourth-order valence-corrected chi connectivity index (χ4v) is 3.16. The standard InChI is InChI=1S/C19H12ClFN4O2S/c1-28-13-4-2-3-12(10-13)25-8-7-16(26)17(23-25)19-22-18(24-27-19)11-5-6-15(21)14(20)9-11/h2-10H,1H3. The number of benzene rings is 2. The smallest absolute Gasteiger partial charge is 0.282 e. The quantitative estimate of drug-likeness (QED) is 0.459. The molecule has 140 valence electrons. The van der Waals surface area contributed by atoms with Crippen LogP contribution in [0.4, 0.5) is 4.39 Å². The van der Waals surface area contributed by atoms with Crippen molar-refractivity contribution in [3.8, 4) is 28.7 Å². The highest BCUT2D eigenvalue weighted by Gasteiger charge is 2.17. The van der Waals surface area contributed by atoms with Gasteiger partial charge < -0.3 is 4.52 Å². The minimum absolute atomic E-state index is 0.0176. The fraction of sp³-hybridized carbons (Fsp3) is 0.0526. The molecule has 28 heavy (non-hydrogen) atoms. The molecule has 0 aliphatic heterocycles. The molecule has 4 aromatic rings. The maximum absolute atomic E-state index is 13.3. The predicted octanol–water partition coefficient (Wildman–Crippen LogP) is 4.46. The fourth-order valence-electron chi connectivity index (χ4n) is 2.52. The first-order valence-corrected chi connectivity index (χ1v) is 9.69. The van der Waals surface area contributed by atoms with Crippen LogP contribution in [0.3, 0.4) is 0 Å². The van der Waals surface area contributed by atoms with Crippen LogP contribution in [0.25, 0.3) is 28.7 Å². The van der Waals surface area contributed by atoms with Gasteiger partial charge in [0, 0.05) is 22.7 Å². The summed E-state index contributed by atoms with van der Waals surface area (Å²) < 4.78 is 20.1. The Morgan fingerprint density at radius 1 is 1.18 bits per heavy atom. The van der Waals surface area contributed by atoms with Gasteiger partial charge in [-0.1, -0.05) is 22.8 Å². The highest BCUT2D eigenvalue weighted by molar-refractivity contribution is 7.98. The van der Waals surface area contributed by atoms with Gasteiger partial charge >= 0.3 is 0 Å². The largest absolute Gasteiger partial charge is 0.332 e. The molecule has 6 nitrogen and oxygen atoms in total. The van der Waals surface area contributed by atoms with E-state index in [2.05, 4.69) is 15.2 Å². The Labute approximate surface area is 168 Å². The van der Waals surface area contributed by atoms with E-state index in [1.807, 2.05) is 30.5 Å². The maximum atomic E-state index is 13.3. The number of nitrogens with zero attached hydrogens (tertiary/aromatic N) is 4. The zero-order chi connectivity index (χ0) is 19.7. The van der Waals surface area contributed by atoms with Crippen molar-refractivity contribution >= 4 is 23.4 Å². The van der Waals surface area contributed by atoms with Crippen molar-refractivity contribution in [1.29, 1.82) is 0 Å². The first-order valence-electron chi connectivity index (χ1n) is 8.09. The molecule has 9 heteroatoms. The summed E-state index contributed by atoms with van der Waals surface area (Å²) in [6.07, 6.45) is 3.55. The van der Waals surface area contributed by atoms with Gasteiger partial charge in [-0.15, -0.1) is 11.8 Å². The Kier molecular flexibility index (Phi) is 4.97. The average molecular weight is 415 g/mol. The van der Waals surface area contributed by atoms with Crippen LogP contribution in [0.1, 0.15) is 0 Å². The molecule has 0 saturated heterocycles. The first-order chi connectivity index (χ1) is 13.5. The minimum atomic E-state index is -0.547. The summed E-state index contributed by atoms with van der Waals surface area (Å²) in [5.41, 5.74) is 0.914. The molecule has 0 unspecified atom stereocenters. The molecule has 0 aliphatic carbocycles. The van der Waals surface area contributed by atoms with E-state index in [0.717, 1.165) is 10.6 Å². The van der Waals surface area contributed by atoms with Gasteiger partial charge in [-0.25, -0.2) is 9.07 Å². The summed E-state index contributed by atoms with van der Waals surface area (Å²) in [6, 6.07) is 13.2. The summed E-state index contributed by atoms with van der Waals surface area (Å²) in [4.78, 5) is 17.6. The van der Waals surface area contributed by atoms with Gasteiger partial charge in [-0.05, 0) is 42.7 Å². The zero-order valence-electron chi connectivity index (χ0n) is 14.5. The Morgan fingerprint density at radius 3 is 2.82 bits per heavy atom. The third kappa shape index (κ3) is 3.56. The molecule has 0 N–H and O–H groups in total. The second-order valence-electron chi connectivity index (χ2n) is 5.73. The monoisotopic (exact) mass is 414 g/mol. The third-order valence-electron chi connectivity index (χ3n) is 3.93. The van der Waals surface area contributed by atoms with Crippen molar-refractivity contribution in [2.24, 2.45) is 0 Å². The SMILES string of the molecule is CSc1cccc(-n2ccc(=O)c(-c3nc(-c4ccc(F)c(Cl)c4)no3)n2)c1. The molecule has 0 atom stereocenters. The minimum Gasteiger partial charge on any atom is -0.332 e. The van der Waals surface area contributed by atoms with Crippen LogP contribution < -0.4 is 5.43 Å². The number of thioether (sulfide) groups is 1. The van der Waals surface area contributed by atoms with E-state index in [9.17, 15) is 9.18 Å². The molecule has 0 amide bonds. The second kappa shape index (κ2) is 7.57. The van der Waals surface area contributed by atoms with Crippen molar-refractivity contribution in [2.75, 3.05) is 6.26 Å². The number of rotatable bonds is 4. The van der Waals surface area contributed by atoms with Crippen LogP contribution in [0.15, 0.2) is 68.9 Å². The number of hydrogen-bond donors (Lipinski definition) is 0. The summed E-state index contributed by atoms with van der Waals surface area (Å²) in [6.45, 7) is 0. The second-order valence-corrected chi connectivity index (χ2v) is 7.01. The van der Waals surface area contributed by atoms with Crippen LogP contribution in [-0.4, -0.2) is 26.2 Å². The zero-order valence-corrected chi connectivity index (χ0v) is 16.0. The van der Waals surface area contributed by atoms with Crippen LogP contribution in [0.5, 0.6) is 0 Å². The lowest BCUT2D eigenvalue weighted by Gasteiger charge is -2.07. The predicted molar refractivity (Wildman–Crippen MR) is 105 cm³/mol. The molecule has 0 saturated carbocycles. The normalized spacial score (nSPS) is 11.0. The Bertz CT molecular complexity index is 1220. The number of hydrogen-bond acceptors (Lipinski definition) is 6. The van der Waals surface area contributed by atoms with E-state index in [4.69, 9.17) is 16.1 Å². The molecule has 0 radical (unpaired) electrons. The lowest BCUT2D eigenvalue weighted by Crippen LogP contribution is -2.12. The van der Waals surface area contributed by atoms with Crippen molar-refractivity contribution in [3.63, 3.8) is 0 Å². The summed E-state index contributed by atoms with van der Waals surface area (Å²) in [7, 11) is 0. The summed E-state index contributed by atoms with van der Waals surface area (Å²) >= 11 is 7.40. The Morgan fingerprint density at radius 2 is 2.04 bits per heavy atom. The maximum Gasteiger partial charge on any atom is 0.282 e. The van der Waals surface area contributed by atoms with Crippen LogP contribution >= 0.6 is 23.4 Å². The third-order valence-corrected chi connectivity index (χ3v) is 4.95. The van der Waals surface area contributed by atoms with E-state index in [0.29, 0.717) is 5.56 Å². The molecule has 0 spiro atoms. The Hall–Kier alpha value is -2.97. The van der Waals surface area contributed by atoms with Gasteiger partial charge in [0.25, 0.3) is 5.89 Å². The molecular weight excluding hydrogens is 403 g/mol. The molecule has 4 rings (SSSR count). The van der Waals surface area contributed by atoms with E-state index in [1.165, 1.54) is 24.3 Å². The van der Waals surface area contributed by atoms with Crippen LogP contribution in [0.2, 0.25) is 5.02 Å². The number of aromatic nitrogens is 4. The summed E-state index contributed by atoms with van der Waals surface area (Å²) in [5.74, 6) is -0.400. The molecule has 0 aliphatic rings. The summed E-state index contributed by atoms with van der Waals surface area (Å²) in [5, 5.41) is 8.13. The molecule has 2 heterocycles. The van der Waals surface area contributed by atoms with Crippen LogP contribution in [-0.2, 0) is 0 Å². The molecule has 0 fully saturated rings. The first kappa shape index (κ1) is 18.4.